The van der Waals surface area contributed by atoms with Crippen LogP contribution in [0.15, 0.2) is 24.3 Å². The number of carbonyl (C=O) groups excluding carboxylic acids is 1. The second-order valence-electron chi connectivity index (χ2n) is 3.91. The van der Waals surface area contributed by atoms with Crippen molar-refractivity contribution in [1.82, 2.24) is 5.32 Å². The smallest absolute Gasteiger partial charge is 0.225 e. The summed E-state index contributed by atoms with van der Waals surface area (Å²) >= 11 is 0. The molecule has 0 aliphatic rings. The van der Waals surface area contributed by atoms with E-state index in [1.54, 1.807) is 12.1 Å². The largest absolute Gasteiger partial charge is 0.326 e. The number of anilines is 1. The number of hydrogen-bond donors (Lipinski definition) is 2. The van der Waals surface area contributed by atoms with Crippen LogP contribution in [0.4, 0.5) is 10.1 Å². The summed E-state index contributed by atoms with van der Waals surface area (Å²) in [6, 6.07) is 5.76. The van der Waals surface area contributed by atoms with E-state index in [0.29, 0.717) is 18.7 Å². The number of nitrogens with one attached hydrogen (secondary N) is 2. The van der Waals surface area contributed by atoms with E-state index in [2.05, 4.69) is 17.6 Å². The van der Waals surface area contributed by atoms with Crippen LogP contribution in [0.2, 0.25) is 0 Å². The van der Waals surface area contributed by atoms with Crippen LogP contribution < -0.4 is 10.6 Å². The predicted molar refractivity (Wildman–Crippen MR) is 67.4 cm³/mol. The van der Waals surface area contributed by atoms with Gasteiger partial charge in [-0.15, -0.1) is 0 Å². The second kappa shape index (κ2) is 7.79. The molecule has 0 fully saturated rings. The maximum atomic E-state index is 12.6. The molecule has 94 valence electrons. The number of benzene rings is 1. The third-order valence-corrected chi connectivity index (χ3v) is 2.36. The molecule has 0 aliphatic heterocycles. The molecule has 1 rings (SSSR count). The molecule has 0 aliphatic carbocycles. The first-order valence-corrected chi connectivity index (χ1v) is 5.98. The van der Waals surface area contributed by atoms with E-state index in [1.807, 2.05) is 0 Å². The Labute approximate surface area is 101 Å². The minimum Gasteiger partial charge on any atom is -0.326 e. The summed E-state index contributed by atoms with van der Waals surface area (Å²) in [6.45, 7) is 3.75. The number of unbranched alkanes of at least 4 members (excludes halogenated alkanes) is 1. The zero-order valence-corrected chi connectivity index (χ0v) is 10.1. The quantitative estimate of drug-likeness (QED) is 0.717. The molecule has 0 atom stereocenters. The van der Waals surface area contributed by atoms with Gasteiger partial charge < -0.3 is 10.6 Å². The van der Waals surface area contributed by atoms with E-state index < -0.39 is 0 Å². The normalized spacial score (nSPS) is 10.2. The van der Waals surface area contributed by atoms with Crippen LogP contribution in [0.1, 0.15) is 26.2 Å². The van der Waals surface area contributed by atoms with Crippen LogP contribution >= 0.6 is 0 Å². The highest BCUT2D eigenvalue weighted by molar-refractivity contribution is 5.90. The minimum atomic E-state index is -0.302. The van der Waals surface area contributed by atoms with Crippen molar-refractivity contribution >= 4 is 11.6 Å². The van der Waals surface area contributed by atoms with Gasteiger partial charge in [-0.05, 0) is 37.2 Å². The zero-order valence-electron chi connectivity index (χ0n) is 10.1. The standard InChI is InChI=1S/C13H19FN2O/c1-2-3-9-15-10-8-13(17)16-12-6-4-11(14)5-7-12/h4-7,15H,2-3,8-10H2,1H3,(H,16,17). The van der Waals surface area contributed by atoms with Gasteiger partial charge in [0.1, 0.15) is 5.82 Å². The van der Waals surface area contributed by atoms with Crippen LogP contribution in [0.25, 0.3) is 0 Å². The molecule has 0 saturated carbocycles. The van der Waals surface area contributed by atoms with Crippen molar-refractivity contribution < 1.29 is 9.18 Å². The van der Waals surface area contributed by atoms with Gasteiger partial charge in [0.05, 0.1) is 0 Å². The molecule has 1 aromatic carbocycles. The Morgan fingerprint density at radius 2 is 1.94 bits per heavy atom. The molecular weight excluding hydrogens is 219 g/mol. The van der Waals surface area contributed by atoms with Gasteiger partial charge in [-0.1, -0.05) is 13.3 Å². The third-order valence-electron chi connectivity index (χ3n) is 2.36. The molecule has 2 N–H and O–H groups in total. The lowest BCUT2D eigenvalue weighted by Gasteiger charge is -2.06. The monoisotopic (exact) mass is 238 g/mol. The van der Waals surface area contributed by atoms with Crippen molar-refractivity contribution in [2.45, 2.75) is 26.2 Å². The van der Waals surface area contributed by atoms with Gasteiger partial charge in [-0.25, -0.2) is 4.39 Å². The Kier molecular flexibility index (Phi) is 6.25. The summed E-state index contributed by atoms with van der Waals surface area (Å²) in [6.07, 6.45) is 2.70. The molecule has 4 heteroatoms. The Bertz CT molecular complexity index is 338. The lowest BCUT2D eigenvalue weighted by Crippen LogP contribution is -2.22. The Morgan fingerprint density at radius 1 is 1.24 bits per heavy atom. The molecule has 1 aromatic rings. The van der Waals surface area contributed by atoms with Crippen molar-refractivity contribution in [2.24, 2.45) is 0 Å². The number of hydrogen-bond acceptors (Lipinski definition) is 2. The van der Waals surface area contributed by atoms with E-state index in [1.165, 1.54) is 12.1 Å². The highest BCUT2D eigenvalue weighted by Gasteiger charge is 2.01. The SMILES string of the molecule is CCCCNCCC(=O)Nc1ccc(F)cc1. The first kappa shape index (κ1) is 13.6. The number of amides is 1. The van der Waals surface area contributed by atoms with Crippen molar-refractivity contribution in [3.8, 4) is 0 Å². The van der Waals surface area contributed by atoms with Crippen molar-refractivity contribution in [2.75, 3.05) is 18.4 Å². The molecule has 0 saturated heterocycles. The van der Waals surface area contributed by atoms with Crippen LogP contribution in [0, 0.1) is 5.82 Å². The van der Waals surface area contributed by atoms with Gasteiger partial charge in [0.15, 0.2) is 0 Å². The number of rotatable bonds is 7. The fourth-order valence-electron chi connectivity index (χ4n) is 1.39. The molecule has 0 aromatic heterocycles. The highest BCUT2D eigenvalue weighted by atomic mass is 19.1. The summed E-state index contributed by atoms with van der Waals surface area (Å²) < 4.78 is 12.6. The van der Waals surface area contributed by atoms with E-state index in [-0.39, 0.29) is 11.7 Å². The van der Waals surface area contributed by atoms with Crippen LogP contribution in [-0.4, -0.2) is 19.0 Å². The maximum absolute atomic E-state index is 12.6. The first-order valence-electron chi connectivity index (χ1n) is 5.98. The van der Waals surface area contributed by atoms with Gasteiger partial charge in [0.25, 0.3) is 0 Å². The molecule has 0 heterocycles. The van der Waals surface area contributed by atoms with E-state index in [4.69, 9.17) is 0 Å². The third kappa shape index (κ3) is 6.02. The van der Waals surface area contributed by atoms with Gasteiger partial charge in [0, 0.05) is 18.7 Å². The van der Waals surface area contributed by atoms with Gasteiger partial charge in [0.2, 0.25) is 5.91 Å². The summed E-state index contributed by atoms with van der Waals surface area (Å²) in [5.74, 6) is -0.357. The van der Waals surface area contributed by atoms with E-state index >= 15 is 0 Å². The molecular formula is C13H19FN2O. The Morgan fingerprint density at radius 3 is 2.59 bits per heavy atom. The van der Waals surface area contributed by atoms with Crippen LogP contribution in [-0.2, 0) is 4.79 Å². The molecule has 0 radical (unpaired) electrons. The average Bonchev–Trinajstić information content (AvgIpc) is 2.32. The summed E-state index contributed by atoms with van der Waals surface area (Å²) in [7, 11) is 0. The number of carbonyl (C=O) groups is 1. The molecule has 3 nitrogen and oxygen atoms in total. The maximum Gasteiger partial charge on any atom is 0.225 e. The fraction of sp³-hybridized carbons (Fsp3) is 0.462. The molecule has 0 bridgehead atoms. The van der Waals surface area contributed by atoms with Crippen molar-refractivity contribution in [3.63, 3.8) is 0 Å². The van der Waals surface area contributed by atoms with Gasteiger partial charge >= 0.3 is 0 Å². The first-order chi connectivity index (χ1) is 8.22. The minimum absolute atomic E-state index is 0.0550. The van der Waals surface area contributed by atoms with Crippen molar-refractivity contribution in [3.05, 3.63) is 30.1 Å². The summed E-state index contributed by atoms with van der Waals surface area (Å²) in [4.78, 5) is 11.5. The topological polar surface area (TPSA) is 41.1 Å². The second-order valence-corrected chi connectivity index (χ2v) is 3.91. The van der Waals surface area contributed by atoms with Gasteiger partial charge in [-0.3, -0.25) is 4.79 Å². The molecule has 1 amide bonds. The highest BCUT2D eigenvalue weighted by Crippen LogP contribution is 2.08. The molecule has 17 heavy (non-hydrogen) atoms. The van der Waals surface area contributed by atoms with Crippen LogP contribution in [0.3, 0.4) is 0 Å². The number of halogens is 1. The lowest BCUT2D eigenvalue weighted by atomic mass is 10.3. The fourth-order valence-corrected chi connectivity index (χ4v) is 1.39. The summed E-state index contributed by atoms with van der Waals surface area (Å²) in [5, 5.41) is 5.91. The zero-order chi connectivity index (χ0) is 12.5. The van der Waals surface area contributed by atoms with E-state index in [0.717, 1.165) is 19.4 Å². The molecule has 0 spiro atoms. The van der Waals surface area contributed by atoms with Crippen LogP contribution in [0.5, 0.6) is 0 Å². The predicted octanol–water partition coefficient (Wildman–Crippen LogP) is 2.54. The average molecular weight is 238 g/mol. The Balaban J connectivity index is 2.18. The van der Waals surface area contributed by atoms with Gasteiger partial charge in [-0.2, -0.15) is 0 Å². The Hall–Kier alpha value is -1.42. The van der Waals surface area contributed by atoms with E-state index in [9.17, 15) is 9.18 Å². The molecule has 0 unspecified atom stereocenters. The van der Waals surface area contributed by atoms with Crippen molar-refractivity contribution in [1.29, 1.82) is 0 Å². The lowest BCUT2D eigenvalue weighted by molar-refractivity contribution is -0.116. The summed E-state index contributed by atoms with van der Waals surface area (Å²) in [5.41, 5.74) is 0.630.